The lowest BCUT2D eigenvalue weighted by Crippen LogP contribution is -2.27. The number of hydrogen-bond acceptors (Lipinski definition) is 2. The number of hydrogen-bond donors (Lipinski definition) is 1. The van der Waals surface area contributed by atoms with E-state index in [0.717, 1.165) is 18.9 Å². The average molecular weight is 263 g/mol. The van der Waals surface area contributed by atoms with Crippen LogP contribution in [0, 0.1) is 0 Å². The van der Waals surface area contributed by atoms with Gasteiger partial charge in [-0.3, -0.25) is 9.48 Å². The van der Waals surface area contributed by atoms with Crippen molar-refractivity contribution in [2.45, 2.75) is 38.9 Å². The van der Waals surface area contributed by atoms with Crippen LogP contribution >= 0.6 is 0 Å². The molecule has 0 unspecified atom stereocenters. The van der Waals surface area contributed by atoms with E-state index in [0.29, 0.717) is 6.42 Å². The van der Waals surface area contributed by atoms with Gasteiger partial charge >= 0.3 is 6.18 Å². The number of amides is 1. The minimum Gasteiger partial charge on any atom is -0.354 e. The maximum absolute atomic E-state index is 12.2. The van der Waals surface area contributed by atoms with E-state index in [-0.39, 0.29) is 19.0 Å². The first kappa shape index (κ1) is 14.5. The molecule has 1 heterocycles. The number of aromatic nitrogens is 2. The first-order valence-electron chi connectivity index (χ1n) is 5.81. The fourth-order valence-corrected chi connectivity index (χ4v) is 1.37. The van der Waals surface area contributed by atoms with Crippen LogP contribution in [0.1, 0.15) is 31.9 Å². The molecule has 1 rings (SSSR count). The third kappa shape index (κ3) is 4.77. The minimum absolute atomic E-state index is 0.0833. The van der Waals surface area contributed by atoms with E-state index in [1.54, 1.807) is 0 Å². The Balaban J connectivity index is 2.32. The van der Waals surface area contributed by atoms with E-state index >= 15 is 0 Å². The standard InChI is InChI=1S/C11H16F3N3O/c1-2-3-4-10(18)15-6-8-17-7-5-9(16-17)11(12,13)14/h5,7H,2-4,6,8H2,1H3,(H,15,18). The van der Waals surface area contributed by atoms with Crippen molar-refractivity contribution < 1.29 is 18.0 Å². The summed E-state index contributed by atoms with van der Waals surface area (Å²) in [6.07, 6.45) is -0.979. The second kappa shape index (κ2) is 6.42. The highest BCUT2D eigenvalue weighted by molar-refractivity contribution is 5.75. The molecule has 0 aliphatic rings. The van der Waals surface area contributed by atoms with Gasteiger partial charge in [0.25, 0.3) is 0 Å². The third-order valence-corrected chi connectivity index (χ3v) is 2.35. The van der Waals surface area contributed by atoms with Crippen molar-refractivity contribution in [3.05, 3.63) is 18.0 Å². The van der Waals surface area contributed by atoms with Gasteiger partial charge in [-0.15, -0.1) is 0 Å². The summed E-state index contributed by atoms with van der Waals surface area (Å²) in [5, 5.41) is 6.01. The van der Waals surface area contributed by atoms with Gasteiger partial charge in [0.05, 0.1) is 6.54 Å². The molecule has 0 aromatic carbocycles. The summed E-state index contributed by atoms with van der Waals surface area (Å²) in [5.74, 6) is -0.0833. The van der Waals surface area contributed by atoms with Crippen molar-refractivity contribution in [3.63, 3.8) is 0 Å². The van der Waals surface area contributed by atoms with E-state index in [4.69, 9.17) is 0 Å². The molecule has 102 valence electrons. The summed E-state index contributed by atoms with van der Waals surface area (Å²) < 4.78 is 37.9. The number of carbonyl (C=O) groups excluding carboxylic acids is 1. The number of alkyl halides is 3. The molecule has 0 atom stereocenters. The zero-order chi connectivity index (χ0) is 13.6. The molecule has 0 aliphatic carbocycles. The lowest BCUT2D eigenvalue weighted by Gasteiger charge is -2.05. The van der Waals surface area contributed by atoms with Crippen molar-refractivity contribution in [2.24, 2.45) is 0 Å². The number of nitrogens with one attached hydrogen (secondary N) is 1. The van der Waals surface area contributed by atoms with E-state index in [1.165, 1.54) is 10.9 Å². The van der Waals surface area contributed by atoms with Crippen LogP contribution in [0.5, 0.6) is 0 Å². The van der Waals surface area contributed by atoms with Gasteiger partial charge in [-0.25, -0.2) is 0 Å². The fraction of sp³-hybridized carbons (Fsp3) is 0.636. The number of halogens is 3. The maximum Gasteiger partial charge on any atom is 0.435 e. The van der Waals surface area contributed by atoms with Crippen LogP contribution in [0.3, 0.4) is 0 Å². The first-order valence-corrected chi connectivity index (χ1v) is 5.81. The smallest absolute Gasteiger partial charge is 0.354 e. The highest BCUT2D eigenvalue weighted by atomic mass is 19.4. The molecule has 4 nitrogen and oxygen atoms in total. The second-order valence-electron chi connectivity index (χ2n) is 3.92. The Morgan fingerprint density at radius 1 is 1.50 bits per heavy atom. The Morgan fingerprint density at radius 2 is 2.22 bits per heavy atom. The number of nitrogens with zero attached hydrogens (tertiary/aromatic N) is 2. The molecule has 0 saturated carbocycles. The van der Waals surface area contributed by atoms with Crippen molar-refractivity contribution in [3.8, 4) is 0 Å². The molecule has 7 heteroatoms. The normalized spacial score (nSPS) is 11.6. The highest BCUT2D eigenvalue weighted by Gasteiger charge is 2.33. The summed E-state index contributed by atoms with van der Waals surface area (Å²) in [6, 6.07) is 0.916. The second-order valence-corrected chi connectivity index (χ2v) is 3.92. The molecule has 0 fully saturated rings. The minimum atomic E-state index is -4.42. The molecular formula is C11H16F3N3O. The van der Waals surface area contributed by atoms with Crippen LogP contribution < -0.4 is 5.32 Å². The van der Waals surface area contributed by atoms with Crippen molar-refractivity contribution in [1.82, 2.24) is 15.1 Å². The molecular weight excluding hydrogens is 247 g/mol. The quantitative estimate of drug-likeness (QED) is 0.855. The van der Waals surface area contributed by atoms with Gasteiger partial charge in [0.15, 0.2) is 5.69 Å². The summed E-state index contributed by atoms with van der Waals surface area (Å²) in [5.41, 5.74) is -0.917. The van der Waals surface area contributed by atoms with Crippen LogP contribution in [0.15, 0.2) is 12.3 Å². The highest BCUT2D eigenvalue weighted by Crippen LogP contribution is 2.27. The summed E-state index contributed by atoms with van der Waals surface area (Å²) >= 11 is 0. The summed E-state index contributed by atoms with van der Waals surface area (Å²) in [6.45, 7) is 2.49. The van der Waals surface area contributed by atoms with Crippen LogP contribution in [-0.4, -0.2) is 22.2 Å². The zero-order valence-corrected chi connectivity index (χ0v) is 10.1. The predicted octanol–water partition coefficient (Wildman–Crippen LogP) is 2.21. The van der Waals surface area contributed by atoms with Crippen LogP contribution in [0.2, 0.25) is 0 Å². The third-order valence-electron chi connectivity index (χ3n) is 2.35. The average Bonchev–Trinajstić information content (AvgIpc) is 2.74. The molecule has 1 amide bonds. The Hall–Kier alpha value is -1.53. The molecule has 0 spiro atoms. The zero-order valence-electron chi connectivity index (χ0n) is 10.1. The van der Waals surface area contributed by atoms with Gasteiger partial charge in [0.2, 0.25) is 5.91 Å². The number of carbonyl (C=O) groups is 1. The SMILES string of the molecule is CCCCC(=O)NCCn1ccc(C(F)(F)F)n1. The van der Waals surface area contributed by atoms with Crippen LogP contribution in [0.25, 0.3) is 0 Å². The number of unbranched alkanes of at least 4 members (excludes halogenated alkanes) is 1. The topological polar surface area (TPSA) is 46.9 Å². The van der Waals surface area contributed by atoms with Crippen molar-refractivity contribution in [1.29, 1.82) is 0 Å². The van der Waals surface area contributed by atoms with E-state index < -0.39 is 11.9 Å². The molecule has 0 aliphatic heterocycles. The van der Waals surface area contributed by atoms with Crippen LogP contribution in [0.4, 0.5) is 13.2 Å². The Morgan fingerprint density at radius 3 is 2.78 bits per heavy atom. The van der Waals surface area contributed by atoms with Gasteiger partial charge in [0.1, 0.15) is 0 Å². The van der Waals surface area contributed by atoms with E-state index in [1.807, 2.05) is 6.92 Å². The van der Waals surface area contributed by atoms with Gasteiger partial charge in [0, 0.05) is 19.2 Å². The summed E-state index contributed by atoms with van der Waals surface area (Å²) in [4.78, 5) is 11.2. The lowest BCUT2D eigenvalue weighted by atomic mass is 10.2. The van der Waals surface area contributed by atoms with Crippen molar-refractivity contribution in [2.75, 3.05) is 6.54 Å². The molecule has 18 heavy (non-hydrogen) atoms. The number of rotatable bonds is 6. The van der Waals surface area contributed by atoms with Gasteiger partial charge < -0.3 is 5.32 Å². The Labute approximate surface area is 103 Å². The Bertz CT molecular complexity index is 387. The van der Waals surface area contributed by atoms with Gasteiger partial charge in [-0.1, -0.05) is 13.3 Å². The molecule has 1 aromatic rings. The molecule has 1 aromatic heterocycles. The van der Waals surface area contributed by atoms with Crippen molar-refractivity contribution >= 4 is 5.91 Å². The maximum atomic E-state index is 12.2. The molecule has 0 radical (unpaired) electrons. The van der Waals surface area contributed by atoms with Gasteiger partial charge in [-0.2, -0.15) is 18.3 Å². The van der Waals surface area contributed by atoms with E-state index in [2.05, 4.69) is 10.4 Å². The Kier molecular flexibility index (Phi) is 5.18. The van der Waals surface area contributed by atoms with Gasteiger partial charge in [-0.05, 0) is 12.5 Å². The molecule has 0 saturated heterocycles. The van der Waals surface area contributed by atoms with Crippen LogP contribution in [-0.2, 0) is 17.5 Å². The first-order chi connectivity index (χ1) is 8.43. The molecule has 0 bridgehead atoms. The monoisotopic (exact) mass is 263 g/mol. The lowest BCUT2D eigenvalue weighted by molar-refractivity contribution is -0.141. The fourth-order valence-electron chi connectivity index (χ4n) is 1.37. The predicted molar refractivity (Wildman–Crippen MR) is 59.8 cm³/mol. The largest absolute Gasteiger partial charge is 0.435 e. The summed E-state index contributed by atoms with van der Waals surface area (Å²) in [7, 11) is 0. The molecule has 1 N–H and O–H groups in total. The van der Waals surface area contributed by atoms with E-state index in [9.17, 15) is 18.0 Å².